The third-order valence-corrected chi connectivity index (χ3v) is 7.52. The largest absolute Gasteiger partial charge is 1.00 e. The number of carbonyl (C=O) groups excluding carboxylic acids is 2. The minimum Gasteiger partial charge on any atom is -0.790 e. The molecular weight excluding hydrogens is 549 g/mol. The van der Waals surface area contributed by atoms with Crippen molar-refractivity contribution in [1.29, 1.82) is 0 Å². The molecule has 0 aliphatic rings. The Balaban J connectivity index is -0.00000612. The summed E-state index contributed by atoms with van der Waals surface area (Å²) in [6, 6.07) is 0. The van der Waals surface area contributed by atoms with E-state index < -0.39 is 20.5 Å². The molecule has 0 N–H and O–H groups in total. The molecule has 0 radical (unpaired) electrons. The number of phosphoric ester groups is 1. The quantitative estimate of drug-likeness (QED) is 0.0393. The average molecular weight is 599 g/mol. The summed E-state index contributed by atoms with van der Waals surface area (Å²) >= 11 is 1.58. The monoisotopic (exact) mass is 598 g/mol. The number of hydrogen-bond donors (Lipinski definition) is 0. The molecule has 0 aromatic heterocycles. The van der Waals surface area contributed by atoms with E-state index in [9.17, 15) is 23.9 Å². The van der Waals surface area contributed by atoms with Gasteiger partial charge in [-0.15, -0.1) is 0 Å². The number of rotatable bonds is 28. The summed E-state index contributed by atoms with van der Waals surface area (Å²) in [5, 5.41) is 0. The van der Waals surface area contributed by atoms with Crippen LogP contribution in [-0.2, 0) is 28.2 Å². The van der Waals surface area contributed by atoms with Crippen molar-refractivity contribution < 1.29 is 97.1 Å². The van der Waals surface area contributed by atoms with Crippen molar-refractivity contribution in [2.75, 3.05) is 24.7 Å². The normalized spacial score (nSPS) is 11.8. The molecule has 0 heterocycles. The minimum atomic E-state index is -5.10. The zero-order valence-corrected chi connectivity index (χ0v) is 30.0. The van der Waals surface area contributed by atoms with Crippen LogP contribution in [0.5, 0.6) is 0 Å². The Morgan fingerprint density at radius 3 is 1.84 bits per heavy atom. The van der Waals surface area contributed by atoms with E-state index in [1.807, 2.05) is 0 Å². The Kier molecular flexibility index (Phi) is 38.0. The van der Waals surface area contributed by atoms with Gasteiger partial charge in [0.2, 0.25) is 0 Å². The second-order valence-electron chi connectivity index (χ2n) is 9.30. The van der Waals surface area contributed by atoms with Gasteiger partial charge in [-0.2, -0.15) is 11.8 Å². The van der Waals surface area contributed by atoms with Crippen LogP contribution < -0.4 is 68.9 Å². The molecule has 0 aliphatic carbocycles. The van der Waals surface area contributed by atoms with Crippen LogP contribution in [0.1, 0.15) is 122 Å². The zero-order chi connectivity index (χ0) is 26.7. The Labute approximate surface area is 280 Å². The first-order valence-electron chi connectivity index (χ1n) is 13.9. The predicted octanol–water partition coefficient (Wildman–Crippen LogP) is -0.301. The van der Waals surface area contributed by atoms with E-state index in [-0.39, 0.29) is 65.1 Å². The number of thioether (sulfide) groups is 1. The van der Waals surface area contributed by atoms with E-state index in [4.69, 9.17) is 4.74 Å². The van der Waals surface area contributed by atoms with Gasteiger partial charge in [0, 0.05) is 12.2 Å². The second kappa shape index (κ2) is 32.9. The SMILES string of the molecule is CCCCCCCCCCCCC(=O)O[C@H](COP(=O)([O-])[O-])CSCCCCCCCCCOC=O.[Na+].[Na+]. The molecule has 0 rings (SSSR count). The van der Waals surface area contributed by atoms with Gasteiger partial charge in [0.25, 0.3) is 6.47 Å². The van der Waals surface area contributed by atoms with Crippen molar-refractivity contribution in [2.45, 2.75) is 129 Å². The number of esters is 1. The maximum absolute atomic E-state index is 12.2. The van der Waals surface area contributed by atoms with Crippen molar-refractivity contribution in [3.63, 3.8) is 0 Å². The van der Waals surface area contributed by atoms with Gasteiger partial charge in [0.05, 0.1) is 21.0 Å². The fourth-order valence-electron chi connectivity index (χ4n) is 3.83. The molecule has 0 aromatic rings. The molecule has 1 atom stereocenters. The van der Waals surface area contributed by atoms with Crippen LogP contribution in [0.4, 0.5) is 0 Å². The Morgan fingerprint density at radius 2 is 1.32 bits per heavy atom. The molecule has 38 heavy (non-hydrogen) atoms. The molecule has 8 nitrogen and oxygen atoms in total. The van der Waals surface area contributed by atoms with Crippen molar-refractivity contribution in [3.05, 3.63) is 0 Å². The molecule has 214 valence electrons. The summed E-state index contributed by atoms with van der Waals surface area (Å²) in [4.78, 5) is 43.9. The standard InChI is InChI=1S/C26H51O8PS.2Na/c1-2-3-4-5-6-7-8-10-13-16-19-26(28)34-25(22-33-35(29,30)31)23-36-21-18-15-12-9-11-14-17-20-32-24-27;;/h24-25H,2-23H2,1H3,(H2,29,30,31);;/q;2*+1/p-2/t25-;;/m1../s1. The third kappa shape index (κ3) is 35.4. The van der Waals surface area contributed by atoms with Gasteiger partial charge in [-0.3, -0.25) is 9.59 Å². The number of phosphoric acid groups is 1. The maximum Gasteiger partial charge on any atom is 1.00 e. The molecule has 0 aliphatic heterocycles. The van der Waals surface area contributed by atoms with Crippen LogP contribution in [-0.4, -0.2) is 43.3 Å². The summed E-state index contributed by atoms with van der Waals surface area (Å²) < 4.78 is 25.3. The average Bonchev–Trinajstić information content (AvgIpc) is 2.83. The van der Waals surface area contributed by atoms with Gasteiger partial charge in [0.1, 0.15) is 6.10 Å². The number of hydrogen-bond acceptors (Lipinski definition) is 9. The van der Waals surface area contributed by atoms with Gasteiger partial charge in [-0.25, -0.2) is 0 Å². The summed E-state index contributed by atoms with van der Waals surface area (Å²) in [5.74, 6) is 0.904. The fraction of sp³-hybridized carbons (Fsp3) is 0.923. The second-order valence-corrected chi connectivity index (χ2v) is 11.6. The Hall–Kier alpha value is 1.40. The summed E-state index contributed by atoms with van der Waals surface area (Å²) in [6.45, 7) is 2.76. The Morgan fingerprint density at radius 1 is 0.816 bits per heavy atom. The van der Waals surface area contributed by atoms with Crippen molar-refractivity contribution in [3.8, 4) is 0 Å². The first-order chi connectivity index (χ1) is 17.4. The molecule has 12 heteroatoms. The van der Waals surface area contributed by atoms with Crippen LogP contribution in [0.3, 0.4) is 0 Å². The molecule has 0 bridgehead atoms. The zero-order valence-electron chi connectivity index (χ0n) is 24.3. The van der Waals surface area contributed by atoms with Gasteiger partial charge in [0.15, 0.2) is 0 Å². The maximum atomic E-state index is 12.2. The first kappa shape index (κ1) is 43.8. The van der Waals surface area contributed by atoms with E-state index in [0.717, 1.165) is 70.0 Å². The van der Waals surface area contributed by atoms with Gasteiger partial charge in [-0.05, 0) is 25.0 Å². The van der Waals surface area contributed by atoms with E-state index in [1.165, 1.54) is 44.9 Å². The van der Waals surface area contributed by atoms with Crippen LogP contribution in [0, 0.1) is 0 Å². The topological polar surface area (TPSA) is 125 Å². The number of unbranched alkanes of at least 4 members (excludes halogenated alkanes) is 15. The van der Waals surface area contributed by atoms with Crippen LogP contribution >= 0.6 is 19.6 Å². The van der Waals surface area contributed by atoms with Crippen molar-refractivity contribution in [1.82, 2.24) is 0 Å². The summed E-state index contributed by atoms with van der Waals surface area (Å²) in [7, 11) is -5.10. The Bertz CT molecular complexity index is 569. The molecule has 0 unspecified atom stereocenters. The smallest absolute Gasteiger partial charge is 0.790 e. The van der Waals surface area contributed by atoms with Gasteiger partial charge < -0.3 is 28.3 Å². The van der Waals surface area contributed by atoms with E-state index in [0.29, 0.717) is 25.3 Å². The van der Waals surface area contributed by atoms with E-state index in [1.54, 1.807) is 11.8 Å². The predicted molar refractivity (Wildman–Crippen MR) is 142 cm³/mol. The van der Waals surface area contributed by atoms with Crippen LogP contribution in [0.25, 0.3) is 0 Å². The molecule has 0 fully saturated rings. The molecular formula is C26H49Na2O8PS. The first-order valence-corrected chi connectivity index (χ1v) is 16.5. The van der Waals surface area contributed by atoms with E-state index >= 15 is 0 Å². The van der Waals surface area contributed by atoms with E-state index in [2.05, 4.69) is 16.2 Å². The number of ether oxygens (including phenoxy) is 2. The summed E-state index contributed by atoms with van der Waals surface area (Å²) in [5.41, 5.74) is 0. The van der Waals surface area contributed by atoms with Gasteiger partial charge in [-0.1, -0.05) is 96.8 Å². The number of carbonyl (C=O) groups is 2. The van der Waals surface area contributed by atoms with Crippen LogP contribution in [0.15, 0.2) is 0 Å². The fourth-order valence-corrected chi connectivity index (χ4v) is 5.18. The molecule has 0 amide bonds. The minimum absolute atomic E-state index is 0. The molecule has 0 spiro atoms. The van der Waals surface area contributed by atoms with Gasteiger partial charge >= 0.3 is 65.1 Å². The molecule has 0 aromatic carbocycles. The third-order valence-electron chi connectivity index (χ3n) is 5.87. The van der Waals surface area contributed by atoms with Crippen molar-refractivity contribution in [2.24, 2.45) is 0 Å². The molecule has 0 saturated carbocycles. The van der Waals surface area contributed by atoms with Crippen LogP contribution in [0.2, 0.25) is 0 Å². The van der Waals surface area contributed by atoms with Crippen molar-refractivity contribution >= 4 is 32.0 Å². The molecule has 0 saturated heterocycles. The summed E-state index contributed by atoms with van der Waals surface area (Å²) in [6.07, 6.45) is 18.8.